The standard InChI is InChI=1S/C11H17N3O5/c12-9(15)8-6-19-5-4-14(8)11(18)13-3-1-2-7(13)10(16)17/h7-8H,1-6H2,(H2,12,15)(H,16,17). The zero-order valence-corrected chi connectivity index (χ0v) is 10.4. The predicted octanol–water partition coefficient (Wildman–Crippen LogP) is -1.16. The predicted molar refractivity (Wildman–Crippen MR) is 63.3 cm³/mol. The fourth-order valence-corrected chi connectivity index (χ4v) is 2.49. The Morgan fingerprint density at radius 2 is 1.84 bits per heavy atom. The quantitative estimate of drug-likeness (QED) is 0.657. The summed E-state index contributed by atoms with van der Waals surface area (Å²) in [5.74, 6) is -1.66. The number of amides is 3. The molecule has 2 heterocycles. The number of morpholine rings is 1. The summed E-state index contributed by atoms with van der Waals surface area (Å²) in [5.41, 5.74) is 5.24. The largest absolute Gasteiger partial charge is 0.480 e. The van der Waals surface area contributed by atoms with Crippen LogP contribution in [0.2, 0.25) is 0 Å². The maximum absolute atomic E-state index is 12.4. The van der Waals surface area contributed by atoms with E-state index in [0.717, 1.165) is 0 Å². The third-order valence-electron chi connectivity index (χ3n) is 3.49. The number of aliphatic carboxylic acids is 1. The van der Waals surface area contributed by atoms with Crippen LogP contribution in [0.3, 0.4) is 0 Å². The van der Waals surface area contributed by atoms with Crippen LogP contribution in [0.15, 0.2) is 0 Å². The topological polar surface area (TPSA) is 113 Å². The molecule has 3 N–H and O–H groups in total. The molecule has 0 spiro atoms. The second-order valence-corrected chi connectivity index (χ2v) is 4.66. The van der Waals surface area contributed by atoms with Crippen LogP contribution >= 0.6 is 0 Å². The monoisotopic (exact) mass is 271 g/mol. The van der Waals surface area contributed by atoms with Crippen LogP contribution in [-0.4, -0.2) is 71.2 Å². The van der Waals surface area contributed by atoms with E-state index in [0.29, 0.717) is 26.0 Å². The summed E-state index contributed by atoms with van der Waals surface area (Å²) in [6.07, 6.45) is 1.08. The Morgan fingerprint density at radius 3 is 2.47 bits per heavy atom. The summed E-state index contributed by atoms with van der Waals surface area (Å²) in [7, 11) is 0. The highest BCUT2D eigenvalue weighted by atomic mass is 16.5. The number of rotatable bonds is 2. The number of carbonyl (C=O) groups is 3. The summed E-state index contributed by atoms with van der Waals surface area (Å²) in [6.45, 7) is 1.02. The number of ether oxygens (including phenoxy) is 1. The summed E-state index contributed by atoms with van der Waals surface area (Å²) in [5, 5.41) is 9.08. The van der Waals surface area contributed by atoms with Crippen LogP contribution in [0.1, 0.15) is 12.8 Å². The summed E-state index contributed by atoms with van der Waals surface area (Å²) >= 11 is 0. The molecule has 0 radical (unpaired) electrons. The van der Waals surface area contributed by atoms with Gasteiger partial charge in [-0.1, -0.05) is 0 Å². The molecule has 106 valence electrons. The lowest BCUT2D eigenvalue weighted by atomic mass is 10.2. The molecule has 0 aromatic carbocycles. The Balaban J connectivity index is 2.13. The average molecular weight is 271 g/mol. The van der Waals surface area contributed by atoms with Crippen molar-refractivity contribution in [3.05, 3.63) is 0 Å². The van der Waals surface area contributed by atoms with Crippen molar-refractivity contribution in [2.75, 3.05) is 26.3 Å². The maximum Gasteiger partial charge on any atom is 0.326 e. The number of hydrogen-bond donors (Lipinski definition) is 2. The molecule has 8 nitrogen and oxygen atoms in total. The van der Waals surface area contributed by atoms with Gasteiger partial charge in [0.05, 0.1) is 13.2 Å². The van der Waals surface area contributed by atoms with Gasteiger partial charge in [0.2, 0.25) is 5.91 Å². The Morgan fingerprint density at radius 1 is 1.16 bits per heavy atom. The van der Waals surface area contributed by atoms with Crippen molar-refractivity contribution in [1.29, 1.82) is 0 Å². The molecular weight excluding hydrogens is 254 g/mol. The molecular formula is C11H17N3O5. The Kier molecular flexibility index (Phi) is 3.89. The first kappa shape index (κ1) is 13.6. The fraction of sp³-hybridized carbons (Fsp3) is 0.727. The van der Waals surface area contributed by atoms with Gasteiger partial charge in [0.1, 0.15) is 12.1 Å². The first-order valence-corrected chi connectivity index (χ1v) is 6.19. The minimum absolute atomic E-state index is 0.0622. The maximum atomic E-state index is 12.4. The third kappa shape index (κ3) is 2.62. The number of hydrogen-bond acceptors (Lipinski definition) is 4. The summed E-state index contributed by atoms with van der Waals surface area (Å²) < 4.78 is 5.13. The van der Waals surface area contributed by atoms with E-state index < -0.39 is 30.0 Å². The van der Waals surface area contributed by atoms with Gasteiger partial charge in [0, 0.05) is 13.1 Å². The van der Waals surface area contributed by atoms with E-state index in [1.54, 1.807) is 0 Å². The summed E-state index contributed by atoms with van der Waals surface area (Å²) in [6, 6.07) is -2.09. The minimum Gasteiger partial charge on any atom is -0.480 e. The van der Waals surface area contributed by atoms with Gasteiger partial charge in [-0.2, -0.15) is 0 Å². The molecule has 2 rings (SSSR count). The van der Waals surface area contributed by atoms with Crippen molar-refractivity contribution in [3.8, 4) is 0 Å². The van der Waals surface area contributed by atoms with Crippen molar-refractivity contribution in [1.82, 2.24) is 9.80 Å². The van der Waals surface area contributed by atoms with E-state index in [1.165, 1.54) is 9.80 Å². The van der Waals surface area contributed by atoms with Crippen LogP contribution < -0.4 is 5.73 Å². The van der Waals surface area contributed by atoms with Crippen molar-refractivity contribution < 1.29 is 24.2 Å². The average Bonchev–Trinajstić information content (AvgIpc) is 2.87. The molecule has 2 saturated heterocycles. The van der Waals surface area contributed by atoms with Crippen LogP contribution in [0.4, 0.5) is 4.79 Å². The first-order chi connectivity index (χ1) is 9.02. The second kappa shape index (κ2) is 5.43. The molecule has 2 atom stereocenters. The lowest BCUT2D eigenvalue weighted by Gasteiger charge is -2.37. The number of nitrogens with two attached hydrogens (primary N) is 1. The molecule has 0 saturated carbocycles. The molecule has 0 bridgehead atoms. The van der Waals surface area contributed by atoms with E-state index in [-0.39, 0.29) is 13.2 Å². The molecule has 2 unspecified atom stereocenters. The zero-order valence-electron chi connectivity index (χ0n) is 10.4. The van der Waals surface area contributed by atoms with Crippen molar-refractivity contribution in [2.45, 2.75) is 24.9 Å². The van der Waals surface area contributed by atoms with Crippen molar-refractivity contribution in [3.63, 3.8) is 0 Å². The van der Waals surface area contributed by atoms with Gasteiger partial charge in [-0.05, 0) is 12.8 Å². The van der Waals surface area contributed by atoms with Crippen LogP contribution in [-0.2, 0) is 14.3 Å². The van der Waals surface area contributed by atoms with Gasteiger partial charge < -0.3 is 25.4 Å². The molecule has 19 heavy (non-hydrogen) atoms. The van der Waals surface area contributed by atoms with E-state index in [2.05, 4.69) is 0 Å². The normalized spacial score (nSPS) is 27.4. The zero-order chi connectivity index (χ0) is 14.0. The third-order valence-corrected chi connectivity index (χ3v) is 3.49. The molecule has 3 amide bonds. The number of likely N-dealkylation sites (tertiary alicyclic amines) is 1. The first-order valence-electron chi connectivity index (χ1n) is 6.19. The van der Waals surface area contributed by atoms with Gasteiger partial charge in [0.25, 0.3) is 0 Å². The SMILES string of the molecule is NC(=O)C1COCCN1C(=O)N1CCCC1C(=O)O. The lowest BCUT2D eigenvalue weighted by Crippen LogP contribution is -2.59. The van der Waals surface area contributed by atoms with Gasteiger partial charge in [-0.3, -0.25) is 4.79 Å². The molecule has 2 aliphatic heterocycles. The highest BCUT2D eigenvalue weighted by Gasteiger charge is 2.40. The van der Waals surface area contributed by atoms with Crippen molar-refractivity contribution >= 4 is 17.9 Å². The van der Waals surface area contributed by atoms with Crippen LogP contribution in [0.5, 0.6) is 0 Å². The van der Waals surface area contributed by atoms with Gasteiger partial charge >= 0.3 is 12.0 Å². The van der Waals surface area contributed by atoms with Crippen LogP contribution in [0.25, 0.3) is 0 Å². The number of nitrogens with zero attached hydrogens (tertiary/aromatic N) is 2. The van der Waals surface area contributed by atoms with Gasteiger partial charge in [0.15, 0.2) is 0 Å². The Hall–Kier alpha value is -1.83. The fourth-order valence-electron chi connectivity index (χ4n) is 2.49. The number of urea groups is 1. The highest BCUT2D eigenvalue weighted by molar-refractivity contribution is 5.88. The van der Waals surface area contributed by atoms with E-state index in [9.17, 15) is 14.4 Å². The lowest BCUT2D eigenvalue weighted by molar-refractivity contribution is -0.141. The number of carboxylic acids is 1. The van der Waals surface area contributed by atoms with E-state index >= 15 is 0 Å². The highest BCUT2D eigenvalue weighted by Crippen LogP contribution is 2.21. The molecule has 2 fully saturated rings. The number of primary amides is 1. The molecule has 8 heteroatoms. The molecule has 0 aromatic heterocycles. The van der Waals surface area contributed by atoms with Crippen molar-refractivity contribution in [2.24, 2.45) is 5.73 Å². The minimum atomic E-state index is -1.02. The van der Waals surface area contributed by atoms with Gasteiger partial charge in [-0.15, -0.1) is 0 Å². The van der Waals surface area contributed by atoms with E-state index in [4.69, 9.17) is 15.6 Å². The van der Waals surface area contributed by atoms with E-state index in [1.807, 2.05) is 0 Å². The van der Waals surface area contributed by atoms with Gasteiger partial charge in [-0.25, -0.2) is 9.59 Å². The second-order valence-electron chi connectivity index (χ2n) is 4.66. The number of carboxylic acid groups (broad SMARTS) is 1. The molecule has 0 aliphatic carbocycles. The summed E-state index contributed by atoms with van der Waals surface area (Å²) in [4.78, 5) is 37.4. The van der Waals surface area contributed by atoms with Crippen LogP contribution in [0, 0.1) is 0 Å². The molecule has 2 aliphatic rings. The Bertz CT molecular complexity index is 400. The molecule has 0 aromatic rings. The smallest absolute Gasteiger partial charge is 0.326 e. The Labute approximate surface area is 110 Å². The number of carbonyl (C=O) groups excluding carboxylic acids is 2.